The van der Waals surface area contributed by atoms with Crippen LogP contribution in [0.25, 0.3) is 0 Å². The summed E-state index contributed by atoms with van der Waals surface area (Å²) in [5.41, 5.74) is 1.91. The van der Waals surface area contributed by atoms with Gasteiger partial charge in [-0.1, -0.05) is 17.7 Å². The van der Waals surface area contributed by atoms with Crippen molar-refractivity contribution in [3.8, 4) is 0 Å². The number of anilines is 1. The summed E-state index contributed by atoms with van der Waals surface area (Å²) in [5, 5.41) is 8.61. The maximum Gasteiger partial charge on any atom is 0.238 e. The summed E-state index contributed by atoms with van der Waals surface area (Å²) in [7, 11) is 0. The van der Waals surface area contributed by atoms with Gasteiger partial charge in [0.05, 0.1) is 12.6 Å². The van der Waals surface area contributed by atoms with Crippen LogP contribution >= 0.6 is 0 Å². The standard InChI is InChI=1S/C15H21N3O2/c1-10-3-5-12(6-4-10)17-14(19)9-16-11(2)15(20)18-13-7-8-13/h3-6,11,13,16H,7-9H2,1-2H3,(H,17,19)(H,18,20). The fourth-order valence-electron chi connectivity index (χ4n) is 1.73. The predicted octanol–water partition coefficient (Wildman–Crippen LogP) is 1.19. The van der Waals surface area contributed by atoms with Crippen molar-refractivity contribution in [1.29, 1.82) is 0 Å². The second-order valence-electron chi connectivity index (χ2n) is 5.30. The van der Waals surface area contributed by atoms with Crippen LogP contribution in [-0.2, 0) is 9.59 Å². The molecule has 108 valence electrons. The van der Waals surface area contributed by atoms with Crippen LogP contribution in [0.15, 0.2) is 24.3 Å². The minimum atomic E-state index is -0.362. The summed E-state index contributed by atoms with van der Waals surface area (Å²) in [6.07, 6.45) is 2.12. The Morgan fingerprint density at radius 2 is 1.90 bits per heavy atom. The molecule has 1 aromatic rings. The van der Waals surface area contributed by atoms with Gasteiger partial charge in [0.15, 0.2) is 0 Å². The normalized spacial score (nSPS) is 15.5. The van der Waals surface area contributed by atoms with Gasteiger partial charge in [0.1, 0.15) is 0 Å². The molecule has 2 rings (SSSR count). The molecule has 0 aliphatic heterocycles. The van der Waals surface area contributed by atoms with Crippen molar-refractivity contribution in [3.63, 3.8) is 0 Å². The molecule has 1 aromatic carbocycles. The van der Waals surface area contributed by atoms with Crippen molar-refractivity contribution in [3.05, 3.63) is 29.8 Å². The number of amides is 2. The molecule has 1 unspecified atom stereocenters. The van der Waals surface area contributed by atoms with Gasteiger partial charge in [0.25, 0.3) is 0 Å². The van der Waals surface area contributed by atoms with Gasteiger partial charge in [-0.2, -0.15) is 0 Å². The predicted molar refractivity (Wildman–Crippen MR) is 78.4 cm³/mol. The van der Waals surface area contributed by atoms with Crippen LogP contribution in [-0.4, -0.2) is 30.4 Å². The van der Waals surface area contributed by atoms with Crippen LogP contribution in [0.3, 0.4) is 0 Å². The van der Waals surface area contributed by atoms with Gasteiger partial charge in [-0.3, -0.25) is 14.9 Å². The zero-order chi connectivity index (χ0) is 14.5. The summed E-state index contributed by atoms with van der Waals surface area (Å²) in [6.45, 7) is 3.87. The van der Waals surface area contributed by atoms with Gasteiger partial charge in [-0.05, 0) is 38.8 Å². The molecule has 1 fully saturated rings. The SMILES string of the molecule is Cc1ccc(NC(=O)CNC(C)C(=O)NC2CC2)cc1. The molecule has 20 heavy (non-hydrogen) atoms. The van der Waals surface area contributed by atoms with Crippen LogP contribution in [0.4, 0.5) is 5.69 Å². The van der Waals surface area contributed by atoms with Gasteiger partial charge < -0.3 is 10.6 Å². The van der Waals surface area contributed by atoms with E-state index in [0.717, 1.165) is 24.1 Å². The highest BCUT2D eigenvalue weighted by Crippen LogP contribution is 2.18. The molecule has 1 aliphatic carbocycles. The van der Waals surface area contributed by atoms with Crippen molar-refractivity contribution in [1.82, 2.24) is 10.6 Å². The fourth-order valence-corrected chi connectivity index (χ4v) is 1.73. The van der Waals surface area contributed by atoms with Crippen LogP contribution in [0, 0.1) is 6.92 Å². The molecular formula is C15H21N3O2. The number of hydrogen-bond donors (Lipinski definition) is 3. The largest absolute Gasteiger partial charge is 0.352 e. The Hall–Kier alpha value is -1.88. The average molecular weight is 275 g/mol. The first kappa shape index (κ1) is 14.5. The van der Waals surface area contributed by atoms with E-state index in [0.29, 0.717) is 6.04 Å². The Bertz CT molecular complexity index is 480. The third-order valence-electron chi connectivity index (χ3n) is 3.22. The van der Waals surface area contributed by atoms with Gasteiger partial charge >= 0.3 is 0 Å². The molecule has 0 saturated heterocycles. The highest BCUT2D eigenvalue weighted by molar-refractivity contribution is 5.92. The second kappa shape index (κ2) is 6.52. The number of carbonyl (C=O) groups is 2. The second-order valence-corrected chi connectivity index (χ2v) is 5.30. The first-order chi connectivity index (χ1) is 9.54. The van der Waals surface area contributed by atoms with Crippen LogP contribution in [0.1, 0.15) is 25.3 Å². The van der Waals surface area contributed by atoms with Gasteiger partial charge in [-0.25, -0.2) is 0 Å². The molecule has 0 heterocycles. The fraction of sp³-hybridized carbons (Fsp3) is 0.467. The first-order valence-corrected chi connectivity index (χ1v) is 6.95. The van der Waals surface area contributed by atoms with Crippen molar-refractivity contribution < 1.29 is 9.59 Å². The molecule has 0 radical (unpaired) electrons. The molecule has 1 atom stereocenters. The van der Waals surface area contributed by atoms with Crippen molar-refractivity contribution in [2.75, 3.05) is 11.9 Å². The number of nitrogens with one attached hydrogen (secondary N) is 3. The van der Waals surface area contributed by atoms with Gasteiger partial charge in [0, 0.05) is 11.7 Å². The molecule has 0 spiro atoms. The molecule has 3 N–H and O–H groups in total. The number of rotatable bonds is 6. The van der Waals surface area contributed by atoms with E-state index < -0.39 is 0 Å². The Morgan fingerprint density at radius 3 is 2.50 bits per heavy atom. The van der Waals surface area contributed by atoms with Crippen molar-refractivity contribution in [2.45, 2.75) is 38.8 Å². The van der Waals surface area contributed by atoms with Crippen LogP contribution < -0.4 is 16.0 Å². The van der Waals surface area contributed by atoms with Gasteiger partial charge in [-0.15, -0.1) is 0 Å². The van der Waals surface area contributed by atoms with E-state index >= 15 is 0 Å². The molecule has 5 nitrogen and oxygen atoms in total. The third-order valence-corrected chi connectivity index (χ3v) is 3.22. The quantitative estimate of drug-likeness (QED) is 0.730. The van der Waals surface area contributed by atoms with E-state index in [2.05, 4.69) is 16.0 Å². The van der Waals surface area contributed by atoms with E-state index in [4.69, 9.17) is 0 Å². The van der Waals surface area contributed by atoms with E-state index in [-0.39, 0.29) is 24.4 Å². The summed E-state index contributed by atoms with van der Waals surface area (Å²) in [5.74, 6) is -0.199. The smallest absolute Gasteiger partial charge is 0.238 e. The Balaban J connectivity index is 1.71. The summed E-state index contributed by atoms with van der Waals surface area (Å²) >= 11 is 0. The zero-order valence-corrected chi connectivity index (χ0v) is 11.9. The minimum Gasteiger partial charge on any atom is -0.352 e. The summed E-state index contributed by atoms with van der Waals surface area (Å²) in [6, 6.07) is 7.57. The number of aryl methyl sites for hydroxylation is 1. The first-order valence-electron chi connectivity index (χ1n) is 6.95. The molecule has 0 bridgehead atoms. The van der Waals surface area contributed by atoms with E-state index in [9.17, 15) is 9.59 Å². The summed E-state index contributed by atoms with van der Waals surface area (Å²) in [4.78, 5) is 23.5. The molecule has 1 saturated carbocycles. The maximum atomic E-state index is 11.8. The van der Waals surface area contributed by atoms with E-state index in [1.807, 2.05) is 31.2 Å². The van der Waals surface area contributed by atoms with Crippen LogP contribution in [0.2, 0.25) is 0 Å². The lowest BCUT2D eigenvalue weighted by Gasteiger charge is -2.13. The third kappa shape index (κ3) is 4.66. The van der Waals surface area contributed by atoms with E-state index in [1.54, 1.807) is 6.92 Å². The lowest BCUT2D eigenvalue weighted by atomic mass is 10.2. The number of carbonyl (C=O) groups excluding carboxylic acids is 2. The van der Waals surface area contributed by atoms with Crippen molar-refractivity contribution in [2.24, 2.45) is 0 Å². The summed E-state index contributed by atoms with van der Waals surface area (Å²) < 4.78 is 0. The number of hydrogen-bond acceptors (Lipinski definition) is 3. The van der Waals surface area contributed by atoms with E-state index in [1.165, 1.54) is 0 Å². The van der Waals surface area contributed by atoms with Crippen LogP contribution in [0.5, 0.6) is 0 Å². The lowest BCUT2D eigenvalue weighted by molar-refractivity contribution is -0.123. The van der Waals surface area contributed by atoms with Gasteiger partial charge in [0.2, 0.25) is 11.8 Å². The molecule has 0 aromatic heterocycles. The molecule has 5 heteroatoms. The Kier molecular flexibility index (Phi) is 4.74. The molecule has 1 aliphatic rings. The Labute approximate surface area is 119 Å². The highest BCUT2D eigenvalue weighted by atomic mass is 16.2. The average Bonchev–Trinajstić information content (AvgIpc) is 3.22. The number of benzene rings is 1. The lowest BCUT2D eigenvalue weighted by Crippen LogP contribution is -2.45. The molecule has 2 amide bonds. The maximum absolute atomic E-state index is 11.8. The highest BCUT2D eigenvalue weighted by Gasteiger charge is 2.25. The Morgan fingerprint density at radius 1 is 1.25 bits per heavy atom. The topological polar surface area (TPSA) is 70.2 Å². The minimum absolute atomic E-state index is 0.0457. The monoisotopic (exact) mass is 275 g/mol. The van der Waals surface area contributed by atoms with Crippen molar-refractivity contribution >= 4 is 17.5 Å². The zero-order valence-electron chi connectivity index (χ0n) is 11.9. The molecular weight excluding hydrogens is 254 g/mol.